The maximum Gasteiger partial charge on any atom is 0.252 e. The predicted octanol–water partition coefficient (Wildman–Crippen LogP) is 3.42. The van der Waals surface area contributed by atoms with Crippen molar-refractivity contribution in [2.75, 3.05) is 18.4 Å². The Balaban J connectivity index is 1.49. The Morgan fingerprint density at radius 3 is 2.87 bits per heavy atom. The van der Waals surface area contributed by atoms with Gasteiger partial charge in [-0.3, -0.25) is 4.79 Å². The minimum atomic E-state index is -3.84. The van der Waals surface area contributed by atoms with E-state index in [2.05, 4.69) is 15.5 Å². The number of benzene rings is 1. The van der Waals surface area contributed by atoms with E-state index in [0.29, 0.717) is 30.1 Å². The van der Waals surface area contributed by atoms with Gasteiger partial charge in [0.05, 0.1) is 11.6 Å². The van der Waals surface area contributed by atoms with Gasteiger partial charge in [-0.25, -0.2) is 17.2 Å². The van der Waals surface area contributed by atoms with Crippen LogP contribution >= 0.6 is 11.3 Å². The number of rotatable bonds is 5. The molecule has 1 aliphatic rings. The number of aryl methyl sites for hydroxylation is 1. The normalized spacial score (nSPS) is 17.6. The van der Waals surface area contributed by atoms with E-state index in [1.54, 1.807) is 12.3 Å². The summed E-state index contributed by atoms with van der Waals surface area (Å²) in [7, 11) is -3.84. The summed E-state index contributed by atoms with van der Waals surface area (Å²) in [5.74, 6) is -2.04. The first-order valence-corrected chi connectivity index (χ1v) is 11.7. The molecule has 1 unspecified atom stereocenters. The van der Waals surface area contributed by atoms with Crippen molar-refractivity contribution in [2.45, 2.75) is 24.0 Å². The highest BCUT2D eigenvalue weighted by Gasteiger charge is 2.34. The fourth-order valence-electron chi connectivity index (χ4n) is 3.32. The molecule has 0 radical (unpaired) electrons. The molecule has 8 nitrogen and oxygen atoms in total. The molecule has 3 heterocycles. The summed E-state index contributed by atoms with van der Waals surface area (Å²) < 4.78 is 59.6. The molecule has 1 N–H and O–H groups in total. The van der Waals surface area contributed by atoms with Crippen LogP contribution in [0.25, 0.3) is 11.4 Å². The highest BCUT2D eigenvalue weighted by atomic mass is 32.2. The Bertz CT molecular complexity index is 1230. The van der Waals surface area contributed by atoms with E-state index in [1.165, 1.54) is 10.4 Å². The van der Waals surface area contributed by atoms with Gasteiger partial charge in [-0.2, -0.15) is 9.29 Å². The zero-order chi connectivity index (χ0) is 22.2. The lowest BCUT2D eigenvalue weighted by Crippen LogP contribution is -2.43. The summed E-state index contributed by atoms with van der Waals surface area (Å²) in [4.78, 5) is 16.7. The van der Waals surface area contributed by atoms with Gasteiger partial charge in [0.1, 0.15) is 15.8 Å². The quantitative estimate of drug-likeness (QED) is 0.615. The predicted molar refractivity (Wildman–Crippen MR) is 109 cm³/mol. The number of nitrogens with one attached hydrogen (secondary N) is 1. The van der Waals surface area contributed by atoms with Crippen LogP contribution in [0.3, 0.4) is 0 Å². The van der Waals surface area contributed by atoms with Crippen LogP contribution in [-0.2, 0) is 14.8 Å². The van der Waals surface area contributed by atoms with E-state index in [9.17, 15) is 22.0 Å². The fourth-order valence-corrected chi connectivity index (χ4v) is 6.15. The van der Waals surface area contributed by atoms with E-state index in [4.69, 9.17) is 4.52 Å². The van der Waals surface area contributed by atoms with Gasteiger partial charge in [0.25, 0.3) is 10.0 Å². The number of nitrogens with zero attached hydrogens (tertiary/aromatic N) is 3. The molecular weight excluding hydrogens is 450 g/mol. The number of halogens is 2. The average Bonchev–Trinajstić information content (AvgIpc) is 3.40. The number of hydrogen-bond acceptors (Lipinski definition) is 7. The molecule has 2 aromatic heterocycles. The molecule has 1 amide bonds. The molecule has 0 saturated carbocycles. The maximum atomic E-state index is 13.8. The highest BCUT2D eigenvalue weighted by molar-refractivity contribution is 7.91. The molecule has 1 saturated heterocycles. The number of carbonyl (C=O) groups is 1. The molecule has 3 aromatic rings. The number of piperidine rings is 1. The summed E-state index contributed by atoms with van der Waals surface area (Å²) in [6.07, 6.45) is 0.901. The molecule has 0 spiro atoms. The third kappa shape index (κ3) is 4.50. The zero-order valence-corrected chi connectivity index (χ0v) is 18.0. The smallest absolute Gasteiger partial charge is 0.252 e. The van der Waals surface area contributed by atoms with Crippen LogP contribution in [0.1, 0.15) is 18.7 Å². The molecule has 0 bridgehead atoms. The van der Waals surface area contributed by atoms with E-state index in [1.807, 2.05) is 0 Å². The van der Waals surface area contributed by atoms with Gasteiger partial charge in [-0.05, 0) is 31.0 Å². The van der Waals surface area contributed by atoms with Crippen molar-refractivity contribution in [2.24, 2.45) is 5.92 Å². The van der Waals surface area contributed by atoms with Crippen LogP contribution in [-0.4, -0.2) is 41.9 Å². The fraction of sp³-hybridized carbons (Fsp3) is 0.316. The Morgan fingerprint density at radius 2 is 2.13 bits per heavy atom. The molecule has 1 aromatic carbocycles. The first kappa shape index (κ1) is 21.5. The SMILES string of the molecule is Cc1nc(-c2csc(S(=O)(=O)N3CCCC(C(=O)Nc4cc(F)ccc4F)C3)c2)no1. The molecular formula is C19H18F2N4O4S2. The number of sulfonamides is 1. The number of amides is 1. The molecule has 1 fully saturated rings. The van der Waals surface area contributed by atoms with Crippen LogP contribution < -0.4 is 5.32 Å². The zero-order valence-electron chi connectivity index (χ0n) is 16.3. The number of anilines is 1. The van der Waals surface area contributed by atoms with Crippen molar-refractivity contribution in [3.05, 3.63) is 47.2 Å². The summed E-state index contributed by atoms with van der Waals surface area (Å²) in [5.41, 5.74) is 0.247. The van der Waals surface area contributed by atoms with E-state index >= 15 is 0 Å². The lowest BCUT2D eigenvalue weighted by molar-refractivity contribution is -0.120. The average molecular weight is 469 g/mol. The molecule has 4 rings (SSSR count). The lowest BCUT2D eigenvalue weighted by atomic mass is 9.98. The van der Waals surface area contributed by atoms with Gasteiger partial charge in [0.2, 0.25) is 17.6 Å². The second-order valence-corrected chi connectivity index (χ2v) is 10.2. The Labute approximate surface area is 180 Å². The third-order valence-corrected chi connectivity index (χ3v) is 8.18. The van der Waals surface area contributed by atoms with Crippen molar-refractivity contribution in [3.8, 4) is 11.4 Å². The van der Waals surface area contributed by atoms with Crippen molar-refractivity contribution >= 4 is 33.0 Å². The first-order chi connectivity index (χ1) is 14.7. The highest BCUT2D eigenvalue weighted by Crippen LogP contribution is 2.31. The second kappa shape index (κ2) is 8.44. The minimum absolute atomic E-state index is 0.0559. The molecule has 0 aliphatic carbocycles. The summed E-state index contributed by atoms with van der Waals surface area (Å²) >= 11 is 1.03. The maximum absolute atomic E-state index is 13.8. The molecule has 31 heavy (non-hydrogen) atoms. The van der Waals surface area contributed by atoms with E-state index in [-0.39, 0.29) is 23.0 Å². The van der Waals surface area contributed by atoms with Crippen LogP contribution in [0.4, 0.5) is 14.5 Å². The first-order valence-electron chi connectivity index (χ1n) is 9.39. The standard InChI is InChI=1S/C19H18F2N4O4S2/c1-11-22-18(24-29-11)13-7-17(30-10-13)31(27,28)25-6-2-3-12(9-25)19(26)23-16-8-14(20)4-5-15(16)21/h4-5,7-8,10,12H,2-3,6,9H2,1H3,(H,23,26). The Morgan fingerprint density at radius 1 is 1.32 bits per heavy atom. The van der Waals surface area contributed by atoms with Gasteiger partial charge in [-0.15, -0.1) is 11.3 Å². The number of hydrogen-bond donors (Lipinski definition) is 1. The van der Waals surface area contributed by atoms with Crippen LogP contribution in [0.2, 0.25) is 0 Å². The Hall–Kier alpha value is -2.70. The second-order valence-electron chi connectivity index (χ2n) is 7.11. The van der Waals surface area contributed by atoms with Gasteiger partial charge in [0.15, 0.2) is 0 Å². The summed E-state index contributed by atoms with van der Waals surface area (Å²) in [5, 5.41) is 7.77. The van der Waals surface area contributed by atoms with Crippen molar-refractivity contribution in [3.63, 3.8) is 0 Å². The monoisotopic (exact) mass is 468 g/mol. The van der Waals surface area contributed by atoms with Gasteiger partial charge >= 0.3 is 0 Å². The van der Waals surface area contributed by atoms with Gasteiger partial charge < -0.3 is 9.84 Å². The number of aromatic nitrogens is 2. The Kier molecular flexibility index (Phi) is 5.86. The van der Waals surface area contributed by atoms with E-state index in [0.717, 1.165) is 29.5 Å². The van der Waals surface area contributed by atoms with E-state index < -0.39 is 33.5 Å². The molecule has 164 valence electrons. The summed E-state index contributed by atoms with van der Waals surface area (Å²) in [6, 6.07) is 4.22. The number of thiophene rings is 1. The third-order valence-electron chi connectivity index (χ3n) is 4.90. The van der Waals surface area contributed by atoms with Gasteiger partial charge in [0, 0.05) is 37.0 Å². The minimum Gasteiger partial charge on any atom is -0.339 e. The molecule has 1 aliphatic heterocycles. The van der Waals surface area contributed by atoms with Crippen molar-refractivity contribution in [1.82, 2.24) is 14.4 Å². The topological polar surface area (TPSA) is 105 Å². The molecule has 1 atom stereocenters. The van der Waals surface area contributed by atoms with Crippen LogP contribution in [0.15, 0.2) is 38.4 Å². The molecule has 12 heteroatoms. The number of carbonyl (C=O) groups excluding carboxylic acids is 1. The van der Waals surface area contributed by atoms with Crippen molar-refractivity contribution in [1.29, 1.82) is 0 Å². The van der Waals surface area contributed by atoms with Crippen LogP contribution in [0, 0.1) is 24.5 Å². The van der Waals surface area contributed by atoms with Gasteiger partial charge in [-0.1, -0.05) is 5.16 Å². The lowest BCUT2D eigenvalue weighted by Gasteiger charge is -2.30. The largest absolute Gasteiger partial charge is 0.339 e. The van der Waals surface area contributed by atoms with Crippen molar-refractivity contribution < 1.29 is 26.5 Å². The summed E-state index contributed by atoms with van der Waals surface area (Å²) in [6.45, 7) is 1.84. The van der Waals surface area contributed by atoms with Crippen LogP contribution in [0.5, 0.6) is 0 Å².